The molecule has 9 heteroatoms. The van der Waals surface area contributed by atoms with Crippen molar-refractivity contribution >= 4 is 29.4 Å². The maximum atomic E-state index is 11.3. The summed E-state index contributed by atoms with van der Waals surface area (Å²) in [4.78, 5) is 35.4. The number of pyridine rings is 1. The highest BCUT2D eigenvalue weighted by Gasteiger charge is 2.30. The average molecular weight is 480 g/mol. The lowest BCUT2D eigenvalue weighted by molar-refractivity contribution is 0.0696. The summed E-state index contributed by atoms with van der Waals surface area (Å²) in [6.45, 7) is 12.0. The number of piperidine rings is 1. The van der Waals surface area contributed by atoms with Gasteiger partial charge in [-0.25, -0.2) is 9.78 Å². The summed E-state index contributed by atoms with van der Waals surface area (Å²) in [5.74, 6) is 2.85. The minimum atomic E-state index is -0.943. The maximum Gasteiger partial charge on any atom is 0.337 e. The van der Waals surface area contributed by atoms with Crippen LogP contribution < -0.4 is 19.6 Å². The molecule has 188 valence electrons. The molecule has 1 unspecified atom stereocenters. The Balaban J connectivity index is 1.40. The molecule has 35 heavy (non-hydrogen) atoms. The summed E-state index contributed by atoms with van der Waals surface area (Å²) in [5.41, 5.74) is 1.12. The van der Waals surface area contributed by atoms with Crippen LogP contribution in [0.4, 0.5) is 23.4 Å². The van der Waals surface area contributed by atoms with Crippen molar-refractivity contribution in [1.82, 2.24) is 15.0 Å². The number of aromatic carboxylic acids is 1. The first kappa shape index (κ1) is 23.6. The molecule has 0 bridgehead atoms. The van der Waals surface area contributed by atoms with Crippen molar-refractivity contribution in [3.8, 4) is 0 Å². The van der Waals surface area contributed by atoms with Crippen LogP contribution in [0.2, 0.25) is 0 Å². The van der Waals surface area contributed by atoms with Gasteiger partial charge in [-0.2, -0.15) is 9.97 Å². The predicted octanol–water partition coefficient (Wildman–Crippen LogP) is 3.57. The van der Waals surface area contributed by atoms with E-state index < -0.39 is 5.97 Å². The number of piperazine rings is 1. The van der Waals surface area contributed by atoms with Gasteiger partial charge in [0, 0.05) is 63.6 Å². The topological polar surface area (TPSA) is 88.9 Å². The van der Waals surface area contributed by atoms with Crippen LogP contribution in [0, 0.1) is 6.92 Å². The number of carbonyl (C=O) groups is 1. The van der Waals surface area contributed by atoms with Gasteiger partial charge in [-0.05, 0) is 64.5 Å². The maximum absolute atomic E-state index is 11.3. The number of rotatable bonds is 5. The van der Waals surface area contributed by atoms with Gasteiger partial charge in [-0.15, -0.1) is 0 Å². The second-order valence-corrected chi connectivity index (χ2v) is 10.3. The lowest BCUT2D eigenvalue weighted by atomic mass is 10.1. The van der Waals surface area contributed by atoms with Crippen molar-refractivity contribution in [1.29, 1.82) is 0 Å². The Kier molecular flexibility index (Phi) is 6.67. The molecule has 0 saturated carbocycles. The van der Waals surface area contributed by atoms with Crippen LogP contribution in [-0.2, 0) is 0 Å². The number of carboxylic acid groups (broad SMARTS) is 1. The zero-order chi connectivity index (χ0) is 24.5. The van der Waals surface area contributed by atoms with E-state index in [4.69, 9.17) is 9.97 Å². The Labute approximate surface area is 207 Å². The van der Waals surface area contributed by atoms with E-state index in [1.807, 2.05) is 6.92 Å². The Morgan fingerprint density at radius 2 is 1.66 bits per heavy atom. The first-order valence-corrected chi connectivity index (χ1v) is 13.0. The largest absolute Gasteiger partial charge is 0.478 e. The Hall–Kier alpha value is -3.10. The van der Waals surface area contributed by atoms with E-state index in [0.29, 0.717) is 6.04 Å². The summed E-state index contributed by atoms with van der Waals surface area (Å²) in [6.07, 6.45) is 7.57. The summed E-state index contributed by atoms with van der Waals surface area (Å²) in [7, 11) is 0. The molecule has 5 heterocycles. The highest BCUT2D eigenvalue weighted by atomic mass is 16.4. The fraction of sp³-hybridized carbons (Fsp3) is 0.615. The van der Waals surface area contributed by atoms with E-state index in [2.05, 4.69) is 44.5 Å². The van der Waals surface area contributed by atoms with Crippen LogP contribution in [0.25, 0.3) is 0 Å². The standard InChI is InChI=1S/C26H37N7O2/c1-18-14-21(25(34)35)16-27-24(18)31-12-13-32(20(3)17-31)23-15-22(30-9-5-4-6-10-30)28-26(29-23)33-11-7-8-19(33)2/h14-16,19-20H,4-13,17H2,1-3H3,(H,34,35)/t19?,20-/m1/s1. The van der Waals surface area contributed by atoms with Crippen LogP contribution >= 0.6 is 0 Å². The minimum Gasteiger partial charge on any atom is -0.478 e. The molecule has 0 aliphatic carbocycles. The van der Waals surface area contributed by atoms with Gasteiger partial charge in [0.1, 0.15) is 17.5 Å². The SMILES string of the molecule is Cc1cc(C(=O)O)cnc1N1CCN(c2cc(N3CCCCC3)nc(N3CCCC3C)n2)[C@H](C)C1. The van der Waals surface area contributed by atoms with Gasteiger partial charge in [0.2, 0.25) is 5.95 Å². The molecule has 2 aromatic rings. The summed E-state index contributed by atoms with van der Waals surface area (Å²) < 4.78 is 0. The fourth-order valence-corrected chi connectivity index (χ4v) is 5.71. The molecule has 0 radical (unpaired) electrons. The third kappa shape index (κ3) is 4.86. The highest BCUT2D eigenvalue weighted by molar-refractivity contribution is 5.87. The molecule has 5 rings (SSSR count). The van der Waals surface area contributed by atoms with Gasteiger partial charge in [0.05, 0.1) is 5.56 Å². The van der Waals surface area contributed by atoms with Gasteiger partial charge < -0.3 is 24.7 Å². The quantitative estimate of drug-likeness (QED) is 0.691. The summed E-state index contributed by atoms with van der Waals surface area (Å²) >= 11 is 0. The monoisotopic (exact) mass is 479 g/mol. The Morgan fingerprint density at radius 3 is 2.31 bits per heavy atom. The van der Waals surface area contributed by atoms with Crippen molar-refractivity contribution in [2.75, 3.05) is 58.9 Å². The first-order chi connectivity index (χ1) is 16.9. The fourth-order valence-electron chi connectivity index (χ4n) is 5.71. The predicted molar refractivity (Wildman–Crippen MR) is 139 cm³/mol. The minimum absolute atomic E-state index is 0.229. The van der Waals surface area contributed by atoms with Crippen LogP contribution in [0.3, 0.4) is 0 Å². The van der Waals surface area contributed by atoms with Gasteiger partial charge in [0.25, 0.3) is 0 Å². The summed E-state index contributed by atoms with van der Waals surface area (Å²) in [5, 5.41) is 9.27. The second-order valence-electron chi connectivity index (χ2n) is 10.3. The first-order valence-electron chi connectivity index (χ1n) is 13.0. The van der Waals surface area contributed by atoms with Crippen LogP contribution in [-0.4, -0.2) is 77.4 Å². The zero-order valence-electron chi connectivity index (χ0n) is 21.2. The normalized spacial score (nSPS) is 23.2. The van der Waals surface area contributed by atoms with Crippen molar-refractivity contribution < 1.29 is 9.90 Å². The van der Waals surface area contributed by atoms with Crippen LogP contribution in [0.1, 0.15) is 61.9 Å². The third-order valence-corrected chi connectivity index (χ3v) is 7.70. The molecule has 0 spiro atoms. The zero-order valence-corrected chi connectivity index (χ0v) is 21.2. The Bertz CT molecular complexity index is 1070. The average Bonchev–Trinajstić information content (AvgIpc) is 3.30. The summed E-state index contributed by atoms with van der Waals surface area (Å²) in [6, 6.07) is 4.60. The molecular formula is C26H37N7O2. The number of nitrogens with zero attached hydrogens (tertiary/aromatic N) is 7. The van der Waals surface area contributed by atoms with Crippen molar-refractivity contribution in [2.45, 2.75) is 65.0 Å². The van der Waals surface area contributed by atoms with Crippen molar-refractivity contribution in [3.05, 3.63) is 29.5 Å². The number of hydrogen-bond donors (Lipinski definition) is 1. The van der Waals surface area contributed by atoms with Gasteiger partial charge in [-0.1, -0.05) is 0 Å². The molecule has 0 amide bonds. The molecular weight excluding hydrogens is 442 g/mol. The van der Waals surface area contributed by atoms with E-state index in [1.165, 1.54) is 38.3 Å². The van der Waals surface area contributed by atoms with Crippen LogP contribution in [0.5, 0.6) is 0 Å². The number of aromatic nitrogens is 3. The number of anilines is 4. The van der Waals surface area contributed by atoms with Gasteiger partial charge in [0.15, 0.2) is 0 Å². The molecule has 3 fully saturated rings. The van der Waals surface area contributed by atoms with E-state index in [1.54, 1.807) is 6.07 Å². The Morgan fingerprint density at radius 1 is 0.886 bits per heavy atom. The van der Waals surface area contributed by atoms with Crippen molar-refractivity contribution in [3.63, 3.8) is 0 Å². The number of hydrogen-bond acceptors (Lipinski definition) is 8. The second kappa shape index (κ2) is 9.87. The van der Waals surface area contributed by atoms with E-state index in [-0.39, 0.29) is 11.6 Å². The lowest BCUT2D eigenvalue weighted by Gasteiger charge is -2.42. The molecule has 2 atom stereocenters. The third-order valence-electron chi connectivity index (χ3n) is 7.70. The van der Waals surface area contributed by atoms with Gasteiger partial charge >= 0.3 is 5.97 Å². The molecule has 9 nitrogen and oxygen atoms in total. The molecule has 3 aliphatic heterocycles. The number of carboxylic acids is 1. The molecule has 2 aromatic heterocycles. The highest BCUT2D eigenvalue weighted by Crippen LogP contribution is 2.31. The molecule has 3 saturated heterocycles. The number of aryl methyl sites for hydroxylation is 1. The molecule has 1 N–H and O–H groups in total. The van der Waals surface area contributed by atoms with Crippen LogP contribution in [0.15, 0.2) is 18.3 Å². The van der Waals surface area contributed by atoms with Crippen molar-refractivity contribution in [2.24, 2.45) is 0 Å². The molecule has 0 aromatic carbocycles. The van der Waals surface area contributed by atoms with E-state index in [0.717, 1.165) is 68.2 Å². The lowest BCUT2D eigenvalue weighted by Crippen LogP contribution is -2.53. The van der Waals surface area contributed by atoms with Gasteiger partial charge in [-0.3, -0.25) is 0 Å². The van der Waals surface area contributed by atoms with E-state index >= 15 is 0 Å². The smallest absolute Gasteiger partial charge is 0.337 e. The molecule has 3 aliphatic rings. The van der Waals surface area contributed by atoms with E-state index in [9.17, 15) is 9.90 Å².